The fraction of sp³-hybridized carbons (Fsp3) is 0.217. The Balaban J connectivity index is 1.39. The number of hydrogen-bond donors (Lipinski definition) is 2. The van der Waals surface area contributed by atoms with Gasteiger partial charge in [-0.05, 0) is 86.3 Å². The Morgan fingerprint density at radius 2 is 1.74 bits per heavy atom. The van der Waals surface area contributed by atoms with Gasteiger partial charge in [-0.15, -0.1) is 0 Å². The maximum Gasteiger partial charge on any atom is 0.261 e. The minimum atomic E-state index is -3.65. The topological polar surface area (TPSA) is 88.2 Å². The van der Waals surface area contributed by atoms with Gasteiger partial charge in [0.25, 0.3) is 15.9 Å². The number of nitrogens with one attached hydrogen (secondary N) is 2. The molecule has 6 nitrogen and oxygen atoms in total. The van der Waals surface area contributed by atoms with Gasteiger partial charge in [0, 0.05) is 22.8 Å². The lowest BCUT2D eigenvalue weighted by molar-refractivity contribution is 0.0950. The van der Waals surface area contributed by atoms with Crippen LogP contribution in [0.4, 0.5) is 5.69 Å². The average molecular weight is 454 g/mol. The molecule has 1 saturated carbocycles. The van der Waals surface area contributed by atoms with Crippen LogP contribution in [0.3, 0.4) is 0 Å². The molecule has 3 aromatic rings. The minimum absolute atomic E-state index is 0.0908. The van der Waals surface area contributed by atoms with E-state index in [2.05, 4.69) is 15.0 Å². The highest BCUT2D eigenvalue weighted by molar-refractivity contribution is 7.99. The molecular formula is C23H23N3O3S2. The number of pyridine rings is 1. The molecule has 160 valence electrons. The highest BCUT2D eigenvalue weighted by atomic mass is 32.2. The molecule has 8 heteroatoms. The molecule has 1 aromatic heterocycles. The number of aromatic nitrogens is 1. The highest BCUT2D eigenvalue weighted by Crippen LogP contribution is 2.28. The van der Waals surface area contributed by atoms with Crippen molar-refractivity contribution in [3.63, 3.8) is 0 Å². The molecule has 1 aliphatic carbocycles. The Hall–Kier alpha value is -2.84. The van der Waals surface area contributed by atoms with Crippen molar-refractivity contribution in [1.82, 2.24) is 10.3 Å². The van der Waals surface area contributed by atoms with Crippen molar-refractivity contribution in [2.75, 3.05) is 4.72 Å². The van der Waals surface area contributed by atoms with Crippen molar-refractivity contribution in [1.29, 1.82) is 0 Å². The second kappa shape index (κ2) is 8.72. The first-order valence-electron chi connectivity index (χ1n) is 9.95. The van der Waals surface area contributed by atoms with Gasteiger partial charge in [-0.3, -0.25) is 9.52 Å². The number of nitrogens with zero attached hydrogens (tertiary/aromatic N) is 1. The lowest BCUT2D eigenvalue weighted by Gasteiger charge is -2.10. The van der Waals surface area contributed by atoms with Crippen LogP contribution in [-0.4, -0.2) is 25.4 Å². The first kappa shape index (κ1) is 21.4. The summed E-state index contributed by atoms with van der Waals surface area (Å²) in [6.45, 7) is 3.83. The average Bonchev–Trinajstić information content (AvgIpc) is 3.56. The molecule has 0 saturated heterocycles. The van der Waals surface area contributed by atoms with Crippen molar-refractivity contribution in [3.05, 3.63) is 77.5 Å². The largest absolute Gasteiger partial charge is 0.349 e. The summed E-state index contributed by atoms with van der Waals surface area (Å²) in [5.41, 5.74) is 3.01. The second-order valence-corrected chi connectivity index (χ2v) is 10.4. The Morgan fingerprint density at radius 3 is 2.35 bits per heavy atom. The van der Waals surface area contributed by atoms with E-state index >= 15 is 0 Å². The van der Waals surface area contributed by atoms with E-state index in [0.29, 0.717) is 17.3 Å². The molecule has 0 aliphatic heterocycles. The molecule has 2 N–H and O–H groups in total. The summed E-state index contributed by atoms with van der Waals surface area (Å²) in [6, 6.07) is 16.1. The van der Waals surface area contributed by atoms with Gasteiger partial charge in [-0.25, -0.2) is 13.4 Å². The monoisotopic (exact) mass is 453 g/mol. The van der Waals surface area contributed by atoms with Crippen molar-refractivity contribution in [3.8, 4) is 0 Å². The van der Waals surface area contributed by atoms with Crippen molar-refractivity contribution in [2.45, 2.75) is 47.5 Å². The predicted octanol–water partition coefficient (Wildman–Crippen LogP) is 4.54. The van der Waals surface area contributed by atoms with E-state index in [1.165, 1.54) is 11.8 Å². The third kappa shape index (κ3) is 5.45. The molecule has 0 spiro atoms. The third-order valence-corrected chi connectivity index (χ3v) is 7.37. The highest BCUT2D eigenvalue weighted by Gasteiger charge is 2.23. The number of anilines is 1. The molecule has 0 radical (unpaired) electrons. The molecule has 0 atom stereocenters. The van der Waals surface area contributed by atoms with E-state index in [4.69, 9.17) is 0 Å². The summed E-state index contributed by atoms with van der Waals surface area (Å²) in [4.78, 5) is 17.5. The number of sulfonamides is 1. The van der Waals surface area contributed by atoms with Crippen LogP contribution >= 0.6 is 11.8 Å². The number of hydrogen-bond acceptors (Lipinski definition) is 5. The predicted molar refractivity (Wildman–Crippen MR) is 122 cm³/mol. The maximum absolute atomic E-state index is 12.6. The number of benzene rings is 2. The second-order valence-electron chi connectivity index (χ2n) is 7.61. The van der Waals surface area contributed by atoms with Gasteiger partial charge >= 0.3 is 0 Å². The summed E-state index contributed by atoms with van der Waals surface area (Å²) in [5, 5.41) is 3.70. The van der Waals surface area contributed by atoms with Gasteiger partial charge in [0.05, 0.1) is 10.5 Å². The zero-order valence-corrected chi connectivity index (χ0v) is 18.9. The van der Waals surface area contributed by atoms with Gasteiger partial charge in [0.2, 0.25) is 0 Å². The lowest BCUT2D eigenvalue weighted by atomic mass is 10.1. The third-order valence-electron chi connectivity index (χ3n) is 5.03. The van der Waals surface area contributed by atoms with E-state index in [-0.39, 0.29) is 10.8 Å². The van der Waals surface area contributed by atoms with Crippen LogP contribution in [0.2, 0.25) is 0 Å². The molecule has 2 aromatic carbocycles. The number of amides is 1. The van der Waals surface area contributed by atoms with E-state index in [1.807, 2.05) is 32.0 Å². The Kier molecular flexibility index (Phi) is 6.02. The molecular weight excluding hydrogens is 430 g/mol. The molecule has 0 unspecified atom stereocenters. The summed E-state index contributed by atoms with van der Waals surface area (Å²) in [5.74, 6) is -0.0908. The van der Waals surface area contributed by atoms with Crippen LogP contribution < -0.4 is 10.0 Å². The van der Waals surface area contributed by atoms with Crippen LogP contribution in [0.15, 0.2) is 75.6 Å². The van der Waals surface area contributed by atoms with Crippen LogP contribution in [-0.2, 0) is 10.0 Å². The molecule has 0 bridgehead atoms. The van der Waals surface area contributed by atoms with Crippen LogP contribution in [0, 0.1) is 13.8 Å². The summed E-state index contributed by atoms with van der Waals surface area (Å²) in [7, 11) is -3.65. The Morgan fingerprint density at radius 1 is 1.00 bits per heavy atom. The fourth-order valence-electron chi connectivity index (χ4n) is 2.88. The van der Waals surface area contributed by atoms with Crippen LogP contribution in [0.25, 0.3) is 0 Å². The van der Waals surface area contributed by atoms with Crippen molar-refractivity contribution in [2.24, 2.45) is 0 Å². The van der Waals surface area contributed by atoms with Gasteiger partial charge in [-0.1, -0.05) is 17.8 Å². The van der Waals surface area contributed by atoms with Crippen molar-refractivity contribution < 1.29 is 13.2 Å². The zero-order valence-electron chi connectivity index (χ0n) is 17.3. The van der Waals surface area contributed by atoms with Crippen LogP contribution in [0.5, 0.6) is 0 Å². The number of rotatable bonds is 7. The number of carbonyl (C=O) groups is 1. The van der Waals surface area contributed by atoms with Gasteiger partial charge < -0.3 is 5.32 Å². The van der Waals surface area contributed by atoms with Gasteiger partial charge in [0.15, 0.2) is 0 Å². The normalized spacial score (nSPS) is 13.6. The minimum Gasteiger partial charge on any atom is -0.349 e. The van der Waals surface area contributed by atoms with E-state index in [0.717, 1.165) is 33.9 Å². The molecule has 1 heterocycles. The van der Waals surface area contributed by atoms with Crippen molar-refractivity contribution >= 4 is 33.4 Å². The number of aryl methyl sites for hydroxylation is 2. The van der Waals surface area contributed by atoms with Gasteiger partial charge in [-0.2, -0.15) is 0 Å². The maximum atomic E-state index is 12.6. The molecule has 4 rings (SSSR count). The summed E-state index contributed by atoms with van der Waals surface area (Å²) < 4.78 is 27.9. The standard InChI is InChI=1S/C23H23N3O3S2/c1-15-3-11-21(13-16(15)2)31(28,29)26-19-7-9-20(10-8-19)30-22-12-4-17(14-24-22)23(27)25-18-5-6-18/h3-4,7-14,18,26H,5-6H2,1-2H3,(H,25,27). The zero-order chi connectivity index (χ0) is 22.0. The number of carbonyl (C=O) groups excluding carboxylic acids is 1. The molecule has 1 fully saturated rings. The van der Waals surface area contributed by atoms with E-state index in [1.54, 1.807) is 42.6 Å². The Bertz CT molecular complexity index is 1200. The molecule has 1 aliphatic rings. The summed E-state index contributed by atoms with van der Waals surface area (Å²) in [6.07, 6.45) is 3.67. The molecule has 31 heavy (non-hydrogen) atoms. The van der Waals surface area contributed by atoms with E-state index < -0.39 is 10.0 Å². The first-order valence-corrected chi connectivity index (χ1v) is 12.2. The lowest BCUT2D eigenvalue weighted by Crippen LogP contribution is -2.25. The van der Waals surface area contributed by atoms with Gasteiger partial charge in [0.1, 0.15) is 5.03 Å². The Labute approximate surface area is 186 Å². The molecule has 1 amide bonds. The smallest absolute Gasteiger partial charge is 0.261 e. The van der Waals surface area contributed by atoms with E-state index in [9.17, 15) is 13.2 Å². The van der Waals surface area contributed by atoms with Crippen LogP contribution in [0.1, 0.15) is 34.3 Å². The quantitative estimate of drug-likeness (QED) is 0.548. The first-order chi connectivity index (χ1) is 14.8. The SMILES string of the molecule is Cc1ccc(S(=O)(=O)Nc2ccc(Sc3ccc(C(=O)NC4CC4)cn3)cc2)cc1C. The fourth-order valence-corrected chi connectivity index (χ4v) is 4.78. The summed E-state index contributed by atoms with van der Waals surface area (Å²) >= 11 is 1.44.